The first-order chi connectivity index (χ1) is 25.8. The topological polar surface area (TPSA) is 137 Å². The van der Waals surface area contributed by atoms with Gasteiger partial charge in [0.25, 0.3) is 5.56 Å². The van der Waals surface area contributed by atoms with E-state index in [-0.39, 0.29) is 30.0 Å². The van der Waals surface area contributed by atoms with Crippen molar-refractivity contribution in [1.29, 1.82) is 0 Å². The van der Waals surface area contributed by atoms with E-state index in [1.54, 1.807) is 11.0 Å². The lowest BCUT2D eigenvalue weighted by Gasteiger charge is -2.30. The van der Waals surface area contributed by atoms with Crippen LogP contribution >= 0.6 is 0 Å². The lowest BCUT2D eigenvalue weighted by Crippen LogP contribution is -2.46. The molecule has 5 rings (SSSR count). The molecule has 0 aliphatic carbocycles. The molecule has 1 N–H and O–H groups in total. The number of carbonyl (C=O) groups excluding carboxylic acids is 2. The summed E-state index contributed by atoms with van der Waals surface area (Å²) < 4.78 is 30.8. The number of nitrogens with one attached hydrogen (secondary N) is 1. The van der Waals surface area contributed by atoms with Crippen molar-refractivity contribution >= 4 is 28.4 Å². The molecular formula is C39H56N6O8. The Hall–Kier alpha value is -3.76. The number of amides is 2. The Morgan fingerprint density at radius 2 is 1.36 bits per heavy atom. The summed E-state index contributed by atoms with van der Waals surface area (Å²) in [7, 11) is 0. The molecule has 2 amide bonds. The molecule has 0 unspecified atom stereocenters. The van der Waals surface area contributed by atoms with Gasteiger partial charge < -0.3 is 33.9 Å². The zero-order chi connectivity index (χ0) is 37.4. The molecule has 14 nitrogen and oxygen atoms in total. The number of rotatable bonds is 8. The minimum Gasteiger partial charge on any atom is -0.378 e. The number of ether oxygens (including phenoxy) is 5. The van der Waals surface area contributed by atoms with E-state index in [0.29, 0.717) is 135 Å². The molecule has 2 saturated heterocycles. The van der Waals surface area contributed by atoms with Crippen LogP contribution in [0.15, 0.2) is 47.3 Å². The fourth-order valence-electron chi connectivity index (χ4n) is 6.61. The van der Waals surface area contributed by atoms with Crippen molar-refractivity contribution in [3.8, 4) is 0 Å². The SMILES string of the molecule is CC[C@@H](C(=O)Nc1cccc(C)c1)N1CCOCCOCCN(Cc2nc3c(C)cccc3c(=O)n2CC(=O)N2CCOCC2)CCOCCOCC1. The van der Waals surface area contributed by atoms with Gasteiger partial charge in [-0.25, -0.2) is 4.98 Å². The second-order valence-electron chi connectivity index (χ2n) is 13.4. The van der Waals surface area contributed by atoms with E-state index in [9.17, 15) is 14.4 Å². The maximum atomic E-state index is 13.9. The largest absolute Gasteiger partial charge is 0.378 e. The van der Waals surface area contributed by atoms with Crippen LogP contribution in [-0.4, -0.2) is 147 Å². The van der Waals surface area contributed by atoms with Gasteiger partial charge in [-0.3, -0.25) is 28.8 Å². The number of morpholine rings is 1. The van der Waals surface area contributed by atoms with E-state index in [1.807, 2.05) is 57.2 Å². The molecule has 3 heterocycles. The van der Waals surface area contributed by atoms with Crippen molar-refractivity contribution in [2.45, 2.75) is 46.3 Å². The lowest BCUT2D eigenvalue weighted by atomic mass is 10.1. The molecule has 1 aromatic heterocycles. The molecule has 14 heteroatoms. The van der Waals surface area contributed by atoms with Crippen LogP contribution in [0, 0.1) is 13.8 Å². The molecule has 1 atom stereocenters. The van der Waals surface area contributed by atoms with Gasteiger partial charge in [-0.05, 0) is 49.6 Å². The Morgan fingerprint density at radius 1 is 0.774 bits per heavy atom. The molecule has 0 radical (unpaired) electrons. The summed E-state index contributed by atoms with van der Waals surface area (Å²) in [6.45, 7) is 13.8. The fourth-order valence-corrected chi connectivity index (χ4v) is 6.61. The van der Waals surface area contributed by atoms with Gasteiger partial charge in [0.15, 0.2) is 0 Å². The number of anilines is 1. The number of aryl methyl sites for hydroxylation is 2. The van der Waals surface area contributed by atoms with Crippen LogP contribution in [0.2, 0.25) is 0 Å². The molecule has 0 saturated carbocycles. The van der Waals surface area contributed by atoms with Crippen LogP contribution in [0.25, 0.3) is 10.9 Å². The van der Waals surface area contributed by atoms with Crippen molar-refractivity contribution in [3.63, 3.8) is 0 Å². The average molecular weight is 737 g/mol. The minimum absolute atomic E-state index is 0.0498. The first-order valence-electron chi connectivity index (χ1n) is 18.8. The number of hydrogen-bond acceptors (Lipinski definition) is 11. The van der Waals surface area contributed by atoms with Gasteiger partial charge in [-0.2, -0.15) is 0 Å². The number of para-hydroxylation sites is 1. The van der Waals surface area contributed by atoms with Crippen molar-refractivity contribution < 1.29 is 33.3 Å². The quantitative estimate of drug-likeness (QED) is 0.366. The Morgan fingerprint density at radius 3 is 1.98 bits per heavy atom. The van der Waals surface area contributed by atoms with Gasteiger partial charge in [-0.1, -0.05) is 31.2 Å². The summed E-state index contributed by atoms with van der Waals surface area (Å²) in [6.07, 6.45) is 0.648. The maximum Gasteiger partial charge on any atom is 0.261 e. The van der Waals surface area contributed by atoms with Crippen LogP contribution < -0.4 is 10.9 Å². The first-order valence-corrected chi connectivity index (χ1v) is 18.8. The molecule has 2 aromatic carbocycles. The molecule has 2 fully saturated rings. The van der Waals surface area contributed by atoms with Crippen LogP contribution in [-0.2, 0) is 46.4 Å². The molecule has 2 aliphatic heterocycles. The number of fused-ring (bicyclic) bond motifs is 1. The highest BCUT2D eigenvalue weighted by atomic mass is 16.5. The first kappa shape index (κ1) is 40.4. The summed E-state index contributed by atoms with van der Waals surface area (Å²) in [5.41, 5.74) is 3.18. The van der Waals surface area contributed by atoms with E-state index in [4.69, 9.17) is 28.7 Å². The van der Waals surface area contributed by atoms with Gasteiger partial charge in [0.05, 0.1) is 89.6 Å². The number of nitrogens with zero attached hydrogens (tertiary/aromatic N) is 5. The number of carbonyl (C=O) groups is 2. The lowest BCUT2D eigenvalue weighted by molar-refractivity contribution is -0.136. The summed E-state index contributed by atoms with van der Waals surface area (Å²) in [4.78, 5) is 51.5. The standard InChI is InChI=1S/C39H56N6O8/c1-4-34(38(47)40-32-9-5-7-30(2)27-32)43-13-19-52-25-23-50-17-11-42(12-18-51-24-26-53-20-14-43)28-35-41-37-31(3)8-6-10-33(37)39(48)45(35)29-36(46)44-15-21-49-22-16-44/h5-10,27,34H,4,11-26,28-29H2,1-3H3,(H,40,47)/t34-/m0/s1. The Bertz CT molecular complexity index is 1660. The van der Waals surface area contributed by atoms with E-state index >= 15 is 0 Å². The normalized spacial score (nSPS) is 19.0. The smallest absolute Gasteiger partial charge is 0.261 e. The zero-order valence-electron chi connectivity index (χ0n) is 31.6. The summed E-state index contributed by atoms with van der Waals surface area (Å²) >= 11 is 0. The highest BCUT2D eigenvalue weighted by molar-refractivity contribution is 5.94. The number of benzene rings is 2. The average Bonchev–Trinajstić information content (AvgIpc) is 3.15. The summed E-state index contributed by atoms with van der Waals surface area (Å²) in [5, 5.41) is 3.57. The van der Waals surface area contributed by atoms with Crippen molar-refractivity contribution in [1.82, 2.24) is 24.3 Å². The third-order valence-corrected chi connectivity index (χ3v) is 9.60. The van der Waals surface area contributed by atoms with Gasteiger partial charge in [0, 0.05) is 45.0 Å². The molecule has 53 heavy (non-hydrogen) atoms. The third-order valence-electron chi connectivity index (χ3n) is 9.60. The predicted molar refractivity (Wildman–Crippen MR) is 202 cm³/mol. The Kier molecular flexibility index (Phi) is 16.2. The van der Waals surface area contributed by atoms with Crippen LogP contribution in [0.4, 0.5) is 5.69 Å². The van der Waals surface area contributed by atoms with E-state index in [1.165, 1.54) is 4.57 Å². The monoisotopic (exact) mass is 736 g/mol. The fraction of sp³-hybridized carbons (Fsp3) is 0.590. The van der Waals surface area contributed by atoms with Gasteiger partial charge in [0.1, 0.15) is 12.4 Å². The second-order valence-corrected chi connectivity index (χ2v) is 13.4. The maximum absolute atomic E-state index is 13.9. The summed E-state index contributed by atoms with van der Waals surface area (Å²) in [6, 6.07) is 13.0. The summed E-state index contributed by atoms with van der Waals surface area (Å²) in [5.74, 6) is 0.344. The highest BCUT2D eigenvalue weighted by Crippen LogP contribution is 2.16. The van der Waals surface area contributed by atoms with Gasteiger partial charge in [0.2, 0.25) is 11.8 Å². The predicted octanol–water partition coefficient (Wildman–Crippen LogP) is 2.47. The highest BCUT2D eigenvalue weighted by Gasteiger charge is 2.25. The number of hydrogen-bond donors (Lipinski definition) is 1. The van der Waals surface area contributed by atoms with E-state index in [2.05, 4.69) is 15.1 Å². The van der Waals surface area contributed by atoms with E-state index < -0.39 is 0 Å². The molecule has 290 valence electrons. The van der Waals surface area contributed by atoms with Crippen molar-refractivity contribution in [2.24, 2.45) is 0 Å². The van der Waals surface area contributed by atoms with Crippen LogP contribution in [0.1, 0.15) is 30.3 Å². The van der Waals surface area contributed by atoms with Gasteiger partial charge in [-0.15, -0.1) is 0 Å². The van der Waals surface area contributed by atoms with Crippen LogP contribution in [0.5, 0.6) is 0 Å². The molecule has 3 aromatic rings. The van der Waals surface area contributed by atoms with E-state index in [0.717, 1.165) is 16.8 Å². The second kappa shape index (κ2) is 21.2. The van der Waals surface area contributed by atoms with Crippen LogP contribution in [0.3, 0.4) is 0 Å². The minimum atomic E-state index is -0.332. The third kappa shape index (κ3) is 12.1. The Balaban J connectivity index is 1.21. The van der Waals surface area contributed by atoms with Crippen molar-refractivity contribution in [3.05, 3.63) is 69.8 Å². The Labute approximate surface area is 312 Å². The molecule has 0 bridgehead atoms. The number of aromatic nitrogens is 2. The molecular weight excluding hydrogens is 680 g/mol. The molecule has 2 aliphatic rings. The van der Waals surface area contributed by atoms with Gasteiger partial charge >= 0.3 is 0 Å². The van der Waals surface area contributed by atoms with Crippen molar-refractivity contribution in [2.75, 3.05) is 111 Å². The zero-order valence-corrected chi connectivity index (χ0v) is 31.6. The molecule has 0 spiro atoms.